The number of likely N-dealkylation sites (tertiary alicyclic amines) is 2. The van der Waals surface area contributed by atoms with E-state index in [1.54, 1.807) is 41.5 Å². The first-order valence-electron chi connectivity index (χ1n) is 30.1. The molecule has 3 fully saturated rings. The zero-order chi connectivity index (χ0) is 66.1. The minimum atomic E-state index is -1.91. The Bertz CT molecular complexity index is 2530. The summed E-state index contributed by atoms with van der Waals surface area (Å²) in [6.45, 7) is 11.9. The Morgan fingerprint density at radius 3 is 1.59 bits per heavy atom. The fraction of sp³-hybridized carbons (Fsp3) is 0.732. The fourth-order valence-electron chi connectivity index (χ4n) is 10.4. The molecule has 11 atom stereocenters. The smallest absolute Gasteiger partial charge is 0.326 e. The van der Waals surface area contributed by atoms with E-state index < -0.39 is 193 Å². The molecule has 0 aromatic heterocycles. The molecule has 3 saturated heterocycles. The number of hydrogen-bond donors (Lipinski definition) is 15. The van der Waals surface area contributed by atoms with E-state index in [-0.39, 0.29) is 70.0 Å². The van der Waals surface area contributed by atoms with Gasteiger partial charge in [0.15, 0.2) is 0 Å². The zero-order valence-corrected chi connectivity index (χ0v) is 51.2. The quantitative estimate of drug-likeness (QED) is 0.0263. The summed E-state index contributed by atoms with van der Waals surface area (Å²) in [7, 11) is 0. The number of nitrogens with one attached hydrogen (secondary N) is 10. The van der Waals surface area contributed by atoms with E-state index in [2.05, 4.69) is 47.9 Å². The number of carbonyl (C=O) groups excluding carboxylic acids is 12. The first kappa shape index (κ1) is 74.2. The minimum absolute atomic E-state index is 0.0386. The monoisotopic (exact) mass is 1250 g/mol. The average molecular weight is 1250 g/mol. The van der Waals surface area contributed by atoms with E-state index in [1.807, 2.05) is 5.32 Å². The van der Waals surface area contributed by atoms with Gasteiger partial charge < -0.3 is 89.8 Å². The number of amides is 12. The lowest BCUT2D eigenvalue weighted by molar-refractivity contribution is -0.147. The van der Waals surface area contributed by atoms with E-state index >= 15 is 0 Å². The van der Waals surface area contributed by atoms with Crippen LogP contribution in [-0.2, 0) is 71.9 Å². The number of hydrogen-bond acceptors (Lipinski definition) is 17. The van der Waals surface area contributed by atoms with E-state index in [0.29, 0.717) is 32.2 Å². The van der Waals surface area contributed by atoms with Crippen molar-refractivity contribution in [2.75, 3.05) is 32.7 Å². The number of aliphatic carboxylic acids is 3. The average Bonchev–Trinajstić information content (AvgIpc) is 4.39. The van der Waals surface area contributed by atoms with Crippen LogP contribution in [0.5, 0.6) is 0 Å². The largest absolute Gasteiger partial charge is 0.481 e. The summed E-state index contributed by atoms with van der Waals surface area (Å²) in [5, 5.41) is 53.9. The number of nitrogens with zero attached hydrogens (tertiary/aromatic N) is 2. The summed E-state index contributed by atoms with van der Waals surface area (Å²) in [5.74, 6) is -15.4. The van der Waals surface area contributed by atoms with Gasteiger partial charge >= 0.3 is 17.9 Å². The van der Waals surface area contributed by atoms with Crippen LogP contribution in [0.2, 0.25) is 0 Å². The minimum Gasteiger partial charge on any atom is -0.481 e. The van der Waals surface area contributed by atoms with Crippen molar-refractivity contribution >= 4 is 88.8 Å². The third-order valence-electron chi connectivity index (χ3n) is 15.2. The van der Waals surface area contributed by atoms with Gasteiger partial charge in [-0.3, -0.25) is 67.1 Å². The lowest BCUT2D eigenvalue weighted by Crippen LogP contribution is -2.61. The van der Waals surface area contributed by atoms with Gasteiger partial charge in [0.2, 0.25) is 70.9 Å². The molecule has 17 N–H and O–H groups in total. The van der Waals surface area contributed by atoms with Gasteiger partial charge in [-0.25, -0.2) is 4.79 Å². The van der Waals surface area contributed by atoms with Crippen LogP contribution in [0.1, 0.15) is 145 Å². The van der Waals surface area contributed by atoms with Crippen LogP contribution in [0, 0.1) is 17.8 Å². The van der Waals surface area contributed by atoms with E-state index in [0.717, 1.165) is 6.42 Å². The first-order valence-corrected chi connectivity index (χ1v) is 30.1. The van der Waals surface area contributed by atoms with Crippen LogP contribution in [0.3, 0.4) is 0 Å². The predicted molar refractivity (Wildman–Crippen MR) is 312 cm³/mol. The molecular formula is C56H92N14O18. The molecule has 3 aliphatic rings. The third-order valence-corrected chi connectivity index (χ3v) is 15.2. The van der Waals surface area contributed by atoms with Gasteiger partial charge in [0.05, 0.1) is 19.0 Å². The molecule has 88 heavy (non-hydrogen) atoms. The predicted octanol–water partition coefficient (Wildman–Crippen LogP) is -4.09. The number of nitrogens with two attached hydrogens (primary N) is 2. The Balaban J connectivity index is 1.76. The van der Waals surface area contributed by atoms with Crippen molar-refractivity contribution in [3.05, 3.63) is 0 Å². The van der Waals surface area contributed by atoms with Crippen LogP contribution in [-0.4, -0.2) is 213 Å². The van der Waals surface area contributed by atoms with Crippen molar-refractivity contribution in [1.29, 1.82) is 0 Å². The molecule has 0 bridgehead atoms. The molecule has 3 heterocycles. The van der Waals surface area contributed by atoms with Crippen LogP contribution in [0.25, 0.3) is 0 Å². The highest BCUT2D eigenvalue weighted by Gasteiger charge is 2.44. The summed E-state index contributed by atoms with van der Waals surface area (Å²) >= 11 is 0. The normalized spacial score (nSPS) is 19.1. The van der Waals surface area contributed by atoms with Crippen molar-refractivity contribution in [2.45, 2.75) is 211 Å². The van der Waals surface area contributed by atoms with Gasteiger partial charge in [0.1, 0.15) is 60.4 Å². The highest BCUT2D eigenvalue weighted by atomic mass is 16.4. The summed E-state index contributed by atoms with van der Waals surface area (Å²) in [5.41, 5.74) is 11.0. The van der Waals surface area contributed by atoms with Gasteiger partial charge in [-0.05, 0) is 115 Å². The number of carbonyl (C=O) groups is 15. The molecule has 0 saturated carbocycles. The molecule has 3 aliphatic heterocycles. The Kier molecular flexibility index (Phi) is 30.6. The summed E-state index contributed by atoms with van der Waals surface area (Å²) in [6.07, 6.45) is 0.213. The number of carboxylic acid groups (broad SMARTS) is 3. The lowest BCUT2D eigenvalue weighted by Gasteiger charge is -2.33. The maximum Gasteiger partial charge on any atom is 0.326 e. The topological polar surface area (TPSA) is 496 Å². The number of unbranched alkanes of at least 4 members (excludes halogenated alkanes) is 1. The van der Waals surface area contributed by atoms with E-state index in [9.17, 15) is 87.2 Å². The zero-order valence-electron chi connectivity index (χ0n) is 51.2. The number of rotatable bonds is 37. The van der Waals surface area contributed by atoms with Crippen LogP contribution < -0.4 is 64.6 Å². The summed E-state index contributed by atoms with van der Waals surface area (Å²) < 4.78 is 0. The van der Waals surface area contributed by atoms with Crippen LogP contribution >= 0.6 is 0 Å². The molecule has 0 aliphatic carbocycles. The van der Waals surface area contributed by atoms with E-state index in [1.165, 1.54) is 16.7 Å². The molecule has 12 amide bonds. The number of primary amides is 1. The fourth-order valence-corrected chi connectivity index (χ4v) is 10.4. The second-order valence-corrected chi connectivity index (χ2v) is 23.6. The molecule has 0 spiro atoms. The molecule has 494 valence electrons. The van der Waals surface area contributed by atoms with Crippen LogP contribution in [0.15, 0.2) is 0 Å². The van der Waals surface area contributed by atoms with E-state index in [4.69, 9.17) is 11.5 Å². The van der Waals surface area contributed by atoms with Gasteiger partial charge in [0, 0.05) is 25.9 Å². The summed E-state index contributed by atoms with van der Waals surface area (Å²) in [6, 6.07) is -14.0. The van der Waals surface area contributed by atoms with Crippen molar-refractivity contribution in [3.8, 4) is 0 Å². The highest BCUT2D eigenvalue weighted by molar-refractivity contribution is 5.99. The van der Waals surface area contributed by atoms with Crippen molar-refractivity contribution < 1.29 is 87.2 Å². The Morgan fingerprint density at radius 2 is 1.07 bits per heavy atom. The van der Waals surface area contributed by atoms with Crippen molar-refractivity contribution in [3.63, 3.8) is 0 Å². The standard InChI is InChI=1S/C56H92N14O18/c1-28(2)25-36(50(81)67-44(29(3)4)53(84)64-33(13-8-9-21-57)48(79)63-34(17-19-40(58)71)49(80)66-37(56(87)88)26-43(75)76)65-51(82)38-15-12-24-70(38)55(86)45(30(5)6)68-52(83)39-16-11-23-69(39)54(85)35(18-20-42(73)74)62-41(72)27-60-46(77)31(7)61-47(78)32-14-10-22-59-32/h28-39,44-45,59H,8-27,57H2,1-7H3,(H2,58,71)(H,60,77)(H,61,78)(H,62,72)(H,63,79)(H,64,84)(H,65,82)(H,66,80)(H,67,81)(H,68,83)(H,73,74)(H,75,76)(H,87,88)/t31-,32-,33-,34-,35-,36-,37-,38-,39-,44-,45-/m0/s1. The number of carboxylic acids is 3. The van der Waals surface area contributed by atoms with Crippen molar-refractivity contribution in [1.82, 2.24) is 63.0 Å². The maximum absolute atomic E-state index is 14.5. The van der Waals surface area contributed by atoms with Gasteiger partial charge in [-0.2, -0.15) is 0 Å². The Hall–Kier alpha value is -8.03. The first-order chi connectivity index (χ1) is 41.4. The maximum atomic E-state index is 14.5. The molecule has 32 nitrogen and oxygen atoms in total. The molecule has 32 heteroatoms. The van der Waals surface area contributed by atoms with Gasteiger partial charge in [0.25, 0.3) is 0 Å². The second-order valence-electron chi connectivity index (χ2n) is 23.6. The van der Waals surface area contributed by atoms with Gasteiger partial charge in [-0.15, -0.1) is 0 Å². The Labute approximate surface area is 510 Å². The molecular weight excluding hydrogens is 1160 g/mol. The molecule has 3 rings (SSSR count). The molecule has 0 aromatic carbocycles. The molecule has 0 unspecified atom stereocenters. The molecule has 0 aromatic rings. The molecule has 0 radical (unpaired) electrons. The third kappa shape index (κ3) is 23.9. The van der Waals surface area contributed by atoms with Crippen molar-refractivity contribution in [2.24, 2.45) is 29.2 Å². The second kappa shape index (κ2) is 36.3. The summed E-state index contributed by atoms with van der Waals surface area (Å²) in [4.78, 5) is 200. The van der Waals surface area contributed by atoms with Gasteiger partial charge in [-0.1, -0.05) is 41.5 Å². The highest BCUT2D eigenvalue weighted by Crippen LogP contribution is 2.24. The lowest BCUT2D eigenvalue weighted by atomic mass is 9.98. The van der Waals surface area contributed by atoms with Crippen LogP contribution in [0.4, 0.5) is 0 Å². The SMILES string of the molecule is CC(C)C[C@H](NC(=O)[C@@H]1CCCN1C(=O)[C@@H](NC(=O)[C@@H]1CCCN1C(=O)[C@H](CCC(=O)O)NC(=O)CNC(=O)[C@H](C)NC(=O)[C@@H]1CCCN1)C(C)C)C(=O)N[C@H](C(=O)N[C@@H](CCCCN)C(=O)N[C@@H](CCC(N)=O)C(=O)N[C@@H](CC(=O)O)C(=O)O)C(C)C. The Morgan fingerprint density at radius 1 is 0.523 bits per heavy atom.